The van der Waals surface area contributed by atoms with Crippen molar-refractivity contribution in [2.45, 2.75) is 19.3 Å². The van der Waals surface area contributed by atoms with E-state index in [1.807, 2.05) is 0 Å². The van der Waals surface area contributed by atoms with Crippen molar-refractivity contribution in [3.8, 4) is 0 Å². The van der Waals surface area contributed by atoms with Gasteiger partial charge in [0.2, 0.25) is 0 Å². The molecule has 0 saturated carbocycles. The monoisotopic (exact) mass is 222 g/mol. The molecule has 0 aliphatic rings. The van der Waals surface area contributed by atoms with Gasteiger partial charge in [0.05, 0.1) is 5.56 Å². The van der Waals surface area contributed by atoms with Gasteiger partial charge in [0.15, 0.2) is 0 Å². The van der Waals surface area contributed by atoms with E-state index in [0.29, 0.717) is 0 Å². The molecular formula is C10H10F4O. The fourth-order valence-corrected chi connectivity index (χ4v) is 1.31. The minimum Gasteiger partial charge on any atom is -0.396 e. The number of rotatable bonds is 3. The van der Waals surface area contributed by atoms with Crippen LogP contribution >= 0.6 is 0 Å². The van der Waals surface area contributed by atoms with Gasteiger partial charge in [-0.3, -0.25) is 0 Å². The van der Waals surface area contributed by atoms with Crippen LogP contribution in [-0.4, -0.2) is 11.7 Å². The Morgan fingerprint density at radius 3 is 2.07 bits per heavy atom. The first-order chi connectivity index (χ1) is 6.88. The number of benzene rings is 1. The van der Waals surface area contributed by atoms with Gasteiger partial charge in [0, 0.05) is 13.0 Å². The highest BCUT2D eigenvalue weighted by Gasteiger charge is 2.37. The Morgan fingerprint density at radius 2 is 1.67 bits per heavy atom. The quantitative estimate of drug-likeness (QED) is 0.779. The molecule has 0 fully saturated rings. The normalized spacial score (nSPS) is 11.9. The second-order valence-electron chi connectivity index (χ2n) is 3.28. The minimum absolute atomic E-state index is 0.230. The summed E-state index contributed by atoms with van der Waals surface area (Å²) in [5.41, 5.74) is -1.05. The zero-order chi connectivity index (χ0) is 11.6. The molecule has 1 N–H and O–H groups in total. The second-order valence-corrected chi connectivity index (χ2v) is 3.28. The number of aliphatic hydroxyl groups is 1. The molecule has 1 nitrogen and oxygen atoms in total. The van der Waals surface area contributed by atoms with Gasteiger partial charge in [-0.25, -0.2) is 17.6 Å². The minimum atomic E-state index is -3.68. The van der Waals surface area contributed by atoms with Crippen LogP contribution in [0.1, 0.15) is 17.5 Å². The largest absolute Gasteiger partial charge is 0.396 e. The van der Waals surface area contributed by atoms with Crippen molar-refractivity contribution in [1.29, 1.82) is 0 Å². The molecule has 0 aliphatic carbocycles. The highest BCUT2D eigenvalue weighted by molar-refractivity contribution is 5.28. The van der Waals surface area contributed by atoms with E-state index < -0.39 is 36.1 Å². The van der Waals surface area contributed by atoms with Crippen molar-refractivity contribution in [3.05, 3.63) is 34.9 Å². The molecule has 0 unspecified atom stereocenters. The Balaban J connectivity index is 3.24. The third-order valence-corrected chi connectivity index (χ3v) is 1.98. The van der Waals surface area contributed by atoms with Crippen LogP contribution in [0.3, 0.4) is 0 Å². The Hall–Kier alpha value is -1.10. The Kier molecular flexibility index (Phi) is 3.34. The summed E-state index contributed by atoms with van der Waals surface area (Å²) in [5.74, 6) is -6.26. The van der Waals surface area contributed by atoms with E-state index in [9.17, 15) is 17.6 Å². The average Bonchev–Trinajstić information content (AvgIpc) is 1.99. The molecular weight excluding hydrogens is 212 g/mol. The smallest absolute Gasteiger partial charge is 0.281 e. The summed E-state index contributed by atoms with van der Waals surface area (Å²) in [6.07, 6.45) is -0.996. The first kappa shape index (κ1) is 12.0. The average molecular weight is 222 g/mol. The Bertz CT molecular complexity index is 339. The fourth-order valence-electron chi connectivity index (χ4n) is 1.31. The molecule has 1 aromatic rings. The summed E-state index contributed by atoms with van der Waals surface area (Å²) < 4.78 is 52.6. The first-order valence-electron chi connectivity index (χ1n) is 4.33. The molecule has 0 atom stereocenters. The molecule has 0 radical (unpaired) electrons. The van der Waals surface area contributed by atoms with Gasteiger partial charge in [0.25, 0.3) is 5.92 Å². The molecule has 0 spiro atoms. The van der Waals surface area contributed by atoms with Crippen LogP contribution in [0.4, 0.5) is 17.6 Å². The number of aliphatic hydroxyl groups excluding tert-OH is 1. The maximum Gasteiger partial charge on any atom is 0.281 e. The summed E-state index contributed by atoms with van der Waals surface area (Å²) in [6, 6.07) is 1.67. The van der Waals surface area contributed by atoms with Crippen LogP contribution in [0.15, 0.2) is 12.1 Å². The predicted octanol–water partition coefficient (Wildman–Crippen LogP) is 2.75. The highest BCUT2D eigenvalue weighted by atomic mass is 19.3. The lowest BCUT2D eigenvalue weighted by atomic mass is 10.0. The fraction of sp³-hybridized carbons (Fsp3) is 0.400. The number of hydrogen-bond donors (Lipinski definition) is 1. The van der Waals surface area contributed by atoms with Crippen LogP contribution in [0.5, 0.6) is 0 Å². The lowest BCUT2D eigenvalue weighted by Gasteiger charge is -2.17. The van der Waals surface area contributed by atoms with Crippen molar-refractivity contribution in [2.75, 3.05) is 6.61 Å². The highest BCUT2D eigenvalue weighted by Crippen LogP contribution is 2.35. The molecule has 15 heavy (non-hydrogen) atoms. The molecule has 1 aromatic carbocycles. The molecule has 1 rings (SSSR count). The third-order valence-electron chi connectivity index (χ3n) is 1.98. The molecule has 0 heterocycles. The molecule has 0 amide bonds. The number of alkyl halides is 2. The van der Waals surface area contributed by atoms with Crippen LogP contribution < -0.4 is 0 Å². The van der Waals surface area contributed by atoms with Gasteiger partial charge >= 0.3 is 0 Å². The molecule has 84 valence electrons. The van der Waals surface area contributed by atoms with Gasteiger partial charge in [-0.1, -0.05) is 0 Å². The predicted molar refractivity (Wildman–Crippen MR) is 46.7 cm³/mol. The van der Waals surface area contributed by atoms with E-state index in [1.165, 1.54) is 6.92 Å². The summed E-state index contributed by atoms with van der Waals surface area (Å²) in [5, 5.41) is 8.37. The van der Waals surface area contributed by atoms with Crippen LogP contribution in [0.25, 0.3) is 0 Å². The summed E-state index contributed by atoms with van der Waals surface area (Å²) >= 11 is 0. The van der Waals surface area contributed by atoms with Gasteiger partial charge < -0.3 is 5.11 Å². The van der Waals surface area contributed by atoms with E-state index in [4.69, 9.17) is 5.11 Å². The summed E-state index contributed by atoms with van der Waals surface area (Å²) in [7, 11) is 0. The van der Waals surface area contributed by atoms with Crippen molar-refractivity contribution < 1.29 is 22.7 Å². The van der Waals surface area contributed by atoms with Crippen molar-refractivity contribution in [2.24, 2.45) is 0 Å². The number of halogens is 4. The van der Waals surface area contributed by atoms with Crippen LogP contribution in [0.2, 0.25) is 0 Å². The lowest BCUT2D eigenvalue weighted by molar-refractivity contribution is -0.0331. The Labute approximate surface area is 84.3 Å². The van der Waals surface area contributed by atoms with Gasteiger partial charge in [-0.05, 0) is 24.6 Å². The van der Waals surface area contributed by atoms with Gasteiger partial charge in [-0.2, -0.15) is 0 Å². The maximum absolute atomic E-state index is 13.2. The number of aryl methyl sites for hydroxylation is 1. The van der Waals surface area contributed by atoms with Crippen molar-refractivity contribution in [3.63, 3.8) is 0 Å². The van der Waals surface area contributed by atoms with Gasteiger partial charge in [0.1, 0.15) is 11.6 Å². The Morgan fingerprint density at radius 1 is 1.20 bits per heavy atom. The lowest BCUT2D eigenvalue weighted by Crippen LogP contribution is -2.19. The van der Waals surface area contributed by atoms with Crippen molar-refractivity contribution in [1.82, 2.24) is 0 Å². The summed E-state index contributed by atoms with van der Waals surface area (Å²) in [6.45, 7) is 0.569. The molecule has 5 heteroatoms. The SMILES string of the molecule is Cc1cc(F)c(C(F)(F)CCO)c(F)c1. The number of hydrogen-bond acceptors (Lipinski definition) is 1. The van der Waals surface area contributed by atoms with E-state index in [0.717, 1.165) is 12.1 Å². The summed E-state index contributed by atoms with van der Waals surface area (Å²) in [4.78, 5) is 0. The molecule has 0 aromatic heterocycles. The van der Waals surface area contributed by atoms with Gasteiger partial charge in [-0.15, -0.1) is 0 Å². The zero-order valence-electron chi connectivity index (χ0n) is 8.03. The van der Waals surface area contributed by atoms with E-state index in [2.05, 4.69) is 0 Å². The molecule has 0 bridgehead atoms. The third kappa shape index (κ3) is 2.47. The van der Waals surface area contributed by atoms with Crippen LogP contribution in [-0.2, 0) is 5.92 Å². The molecule has 0 saturated heterocycles. The topological polar surface area (TPSA) is 20.2 Å². The zero-order valence-corrected chi connectivity index (χ0v) is 8.03. The second kappa shape index (κ2) is 4.18. The molecule has 0 aliphatic heterocycles. The van der Waals surface area contributed by atoms with Crippen LogP contribution in [0, 0.1) is 18.6 Å². The van der Waals surface area contributed by atoms with E-state index >= 15 is 0 Å². The standard InChI is InChI=1S/C10H10F4O/c1-6-4-7(11)9(8(12)5-6)10(13,14)2-3-15/h4-5,15H,2-3H2,1H3. The maximum atomic E-state index is 13.2. The van der Waals surface area contributed by atoms with E-state index in [1.54, 1.807) is 0 Å². The van der Waals surface area contributed by atoms with Crippen molar-refractivity contribution >= 4 is 0 Å². The van der Waals surface area contributed by atoms with E-state index in [-0.39, 0.29) is 5.56 Å². The first-order valence-corrected chi connectivity index (χ1v) is 4.33.